The van der Waals surface area contributed by atoms with Crippen LogP contribution >= 0.6 is 0 Å². The minimum Gasteiger partial charge on any atom is -0.468 e. The molecular formula is C17H25N3O4. The molecule has 0 radical (unpaired) electrons. The number of ether oxygens (including phenoxy) is 2. The third-order valence-corrected chi connectivity index (χ3v) is 3.78. The van der Waals surface area contributed by atoms with Gasteiger partial charge in [-0.2, -0.15) is 0 Å². The maximum absolute atomic E-state index is 12.2. The lowest BCUT2D eigenvalue weighted by Crippen LogP contribution is -2.52. The summed E-state index contributed by atoms with van der Waals surface area (Å²) in [6.45, 7) is 7.69. The molecule has 1 aromatic heterocycles. The molecule has 1 aromatic rings. The van der Waals surface area contributed by atoms with E-state index in [4.69, 9.17) is 9.47 Å². The van der Waals surface area contributed by atoms with Crippen LogP contribution in [-0.4, -0.2) is 65.7 Å². The van der Waals surface area contributed by atoms with Crippen LogP contribution in [0.25, 0.3) is 0 Å². The number of methoxy groups -OCH3 is 1. The topological polar surface area (TPSA) is 72.0 Å². The Hall–Kier alpha value is -2.15. The first-order chi connectivity index (χ1) is 11.3. The van der Waals surface area contributed by atoms with E-state index in [0.29, 0.717) is 26.2 Å². The van der Waals surface area contributed by atoms with Crippen molar-refractivity contribution in [3.05, 3.63) is 30.1 Å². The van der Waals surface area contributed by atoms with Crippen molar-refractivity contribution in [2.75, 3.05) is 33.3 Å². The van der Waals surface area contributed by atoms with E-state index in [1.165, 1.54) is 7.11 Å². The van der Waals surface area contributed by atoms with Gasteiger partial charge in [-0.05, 0) is 38.5 Å². The molecule has 1 fully saturated rings. The Labute approximate surface area is 142 Å². The number of carbonyl (C=O) groups is 2. The molecular weight excluding hydrogens is 310 g/mol. The zero-order valence-electron chi connectivity index (χ0n) is 14.7. The lowest BCUT2D eigenvalue weighted by Gasteiger charge is -2.38. The van der Waals surface area contributed by atoms with Gasteiger partial charge in [0.05, 0.1) is 7.11 Å². The molecule has 0 aliphatic carbocycles. The number of carbonyl (C=O) groups excluding carboxylic acids is 2. The molecule has 2 rings (SSSR count). The highest BCUT2D eigenvalue weighted by Gasteiger charge is 2.33. The maximum atomic E-state index is 12.2. The Morgan fingerprint density at radius 3 is 2.21 bits per heavy atom. The van der Waals surface area contributed by atoms with Crippen molar-refractivity contribution in [2.45, 2.75) is 32.4 Å². The quantitative estimate of drug-likeness (QED) is 0.785. The molecule has 24 heavy (non-hydrogen) atoms. The van der Waals surface area contributed by atoms with Gasteiger partial charge >= 0.3 is 12.1 Å². The zero-order chi connectivity index (χ0) is 17.7. The molecule has 0 saturated carbocycles. The number of piperazine rings is 1. The van der Waals surface area contributed by atoms with Crippen LogP contribution in [0.2, 0.25) is 0 Å². The highest BCUT2D eigenvalue weighted by Crippen LogP contribution is 2.23. The van der Waals surface area contributed by atoms with Crippen molar-refractivity contribution in [3.8, 4) is 0 Å². The first-order valence-electron chi connectivity index (χ1n) is 8.01. The van der Waals surface area contributed by atoms with Gasteiger partial charge in [-0.25, -0.2) is 9.59 Å². The van der Waals surface area contributed by atoms with E-state index in [1.54, 1.807) is 17.3 Å². The lowest BCUT2D eigenvalue weighted by molar-refractivity contribution is -0.148. The first-order valence-corrected chi connectivity index (χ1v) is 8.01. The second kappa shape index (κ2) is 7.61. The van der Waals surface area contributed by atoms with Crippen molar-refractivity contribution in [1.82, 2.24) is 14.8 Å². The van der Waals surface area contributed by atoms with E-state index < -0.39 is 11.6 Å². The van der Waals surface area contributed by atoms with Gasteiger partial charge in [0.15, 0.2) is 0 Å². The zero-order valence-corrected chi connectivity index (χ0v) is 14.7. The molecule has 7 nitrogen and oxygen atoms in total. The van der Waals surface area contributed by atoms with E-state index >= 15 is 0 Å². The highest BCUT2D eigenvalue weighted by molar-refractivity contribution is 5.77. The average Bonchev–Trinajstić information content (AvgIpc) is 2.55. The fraction of sp³-hybridized carbons (Fsp3) is 0.588. The van der Waals surface area contributed by atoms with Crippen LogP contribution in [-0.2, 0) is 14.3 Å². The van der Waals surface area contributed by atoms with Gasteiger partial charge < -0.3 is 14.4 Å². The van der Waals surface area contributed by atoms with Crippen LogP contribution < -0.4 is 0 Å². The predicted octanol–water partition coefficient (Wildman–Crippen LogP) is 1.85. The normalized spacial score (nSPS) is 17.2. The van der Waals surface area contributed by atoms with Crippen molar-refractivity contribution in [1.29, 1.82) is 0 Å². The largest absolute Gasteiger partial charge is 0.468 e. The molecule has 7 heteroatoms. The Morgan fingerprint density at radius 1 is 1.12 bits per heavy atom. The first kappa shape index (κ1) is 18.2. The molecule has 0 unspecified atom stereocenters. The lowest BCUT2D eigenvalue weighted by atomic mass is 10.1. The minimum absolute atomic E-state index is 0.313. The molecule has 0 aromatic carbocycles. The molecule has 1 saturated heterocycles. The molecule has 132 valence electrons. The molecule has 0 bridgehead atoms. The number of hydrogen-bond acceptors (Lipinski definition) is 6. The second-order valence-electron chi connectivity index (χ2n) is 6.71. The summed E-state index contributed by atoms with van der Waals surface area (Å²) in [5.41, 5.74) is 0.322. The number of nitrogens with zero attached hydrogens (tertiary/aromatic N) is 3. The minimum atomic E-state index is -0.514. The fourth-order valence-electron chi connectivity index (χ4n) is 2.64. The van der Waals surface area contributed by atoms with E-state index in [9.17, 15) is 9.59 Å². The van der Waals surface area contributed by atoms with Crippen LogP contribution in [0.5, 0.6) is 0 Å². The van der Waals surface area contributed by atoms with Crippen LogP contribution in [0, 0.1) is 0 Å². The summed E-state index contributed by atoms with van der Waals surface area (Å²) in [4.78, 5) is 32.0. The summed E-state index contributed by atoms with van der Waals surface area (Å²) >= 11 is 0. The summed E-state index contributed by atoms with van der Waals surface area (Å²) < 4.78 is 10.3. The third-order valence-electron chi connectivity index (χ3n) is 3.78. The SMILES string of the molecule is COC(=O)[C@@H](c1ccncc1)N1CCN(C(=O)OC(C)(C)C)CC1. The number of amides is 1. The second-order valence-corrected chi connectivity index (χ2v) is 6.71. The molecule has 1 amide bonds. The Kier molecular flexibility index (Phi) is 5.77. The van der Waals surface area contributed by atoms with Crippen LogP contribution in [0.3, 0.4) is 0 Å². The van der Waals surface area contributed by atoms with Gasteiger partial charge in [0.1, 0.15) is 11.6 Å². The average molecular weight is 335 g/mol. The molecule has 0 N–H and O–H groups in total. The monoisotopic (exact) mass is 335 g/mol. The smallest absolute Gasteiger partial charge is 0.410 e. The molecule has 2 heterocycles. The Balaban J connectivity index is 2.03. The number of pyridine rings is 1. The van der Waals surface area contributed by atoms with Gasteiger partial charge in [0, 0.05) is 38.6 Å². The fourth-order valence-corrected chi connectivity index (χ4v) is 2.64. The number of esters is 1. The summed E-state index contributed by atoms with van der Waals surface area (Å²) in [6.07, 6.45) is 2.99. The highest BCUT2D eigenvalue weighted by atomic mass is 16.6. The standard InChI is InChI=1S/C17H25N3O4/c1-17(2,3)24-16(22)20-11-9-19(10-12-20)14(15(21)23-4)13-5-7-18-8-6-13/h5-8,14H,9-12H2,1-4H3/t14-/m1/s1. The maximum Gasteiger partial charge on any atom is 0.410 e. The van der Waals surface area contributed by atoms with Gasteiger partial charge in [-0.1, -0.05) is 0 Å². The van der Waals surface area contributed by atoms with Gasteiger partial charge in [0.2, 0.25) is 0 Å². The molecule has 1 atom stereocenters. The van der Waals surface area contributed by atoms with Crippen LogP contribution in [0.1, 0.15) is 32.4 Å². The van der Waals surface area contributed by atoms with E-state index in [1.807, 2.05) is 37.8 Å². The Bertz CT molecular complexity index is 563. The summed E-state index contributed by atoms with van der Waals surface area (Å²) in [5, 5.41) is 0. The number of aromatic nitrogens is 1. The summed E-state index contributed by atoms with van der Waals surface area (Å²) in [6, 6.07) is 3.13. The van der Waals surface area contributed by atoms with E-state index in [0.717, 1.165) is 5.56 Å². The van der Waals surface area contributed by atoms with Crippen molar-refractivity contribution in [3.63, 3.8) is 0 Å². The van der Waals surface area contributed by atoms with Gasteiger partial charge in [-0.3, -0.25) is 9.88 Å². The molecule has 1 aliphatic rings. The van der Waals surface area contributed by atoms with E-state index in [2.05, 4.69) is 4.98 Å². The number of hydrogen-bond donors (Lipinski definition) is 0. The third kappa shape index (κ3) is 4.67. The van der Waals surface area contributed by atoms with Crippen LogP contribution in [0.4, 0.5) is 4.79 Å². The van der Waals surface area contributed by atoms with Gasteiger partial charge in [0.25, 0.3) is 0 Å². The predicted molar refractivity (Wildman–Crippen MR) is 88.4 cm³/mol. The van der Waals surface area contributed by atoms with Crippen molar-refractivity contribution in [2.24, 2.45) is 0 Å². The summed E-state index contributed by atoms with van der Waals surface area (Å²) in [5.74, 6) is -0.313. The Morgan fingerprint density at radius 2 is 1.71 bits per heavy atom. The summed E-state index contributed by atoms with van der Waals surface area (Å²) in [7, 11) is 1.38. The molecule has 0 spiro atoms. The number of rotatable bonds is 3. The van der Waals surface area contributed by atoms with Crippen molar-refractivity contribution < 1.29 is 19.1 Å². The van der Waals surface area contributed by atoms with Crippen molar-refractivity contribution >= 4 is 12.1 Å². The van der Waals surface area contributed by atoms with Gasteiger partial charge in [-0.15, -0.1) is 0 Å². The van der Waals surface area contributed by atoms with Crippen LogP contribution in [0.15, 0.2) is 24.5 Å². The van der Waals surface area contributed by atoms with E-state index in [-0.39, 0.29) is 12.1 Å². The molecule has 1 aliphatic heterocycles.